The maximum Gasteiger partial charge on any atom is 0.190 e. The summed E-state index contributed by atoms with van der Waals surface area (Å²) in [6.07, 6.45) is 6.28. The summed E-state index contributed by atoms with van der Waals surface area (Å²) in [6, 6.07) is 7.28. The molecule has 0 atom stereocenters. The monoisotopic (exact) mass is 201 g/mol. The van der Waals surface area contributed by atoms with Gasteiger partial charge >= 0.3 is 0 Å². The van der Waals surface area contributed by atoms with Gasteiger partial charge in [0.2, 0.25) is 0 Å². The smallest absolute Gasteiger partial charge is 0.190 e. The molecule has 0 saturated heterocycles. The SMILES string of the molecule is Nc1ccccc1C(=O)C1=CCCCC1. The number of anilines is 1. The first-order valence-corrected chi connectivity index (χ1v) is 5.37. The quantitative estimate of drug-likeness (QED) is 0.590. The molecule has 1 aliphatic rings. The lowest BCUT2D eigenvalue weighted by atomic mass is 9.92. The predicted molar refractivity (Wildman–Crippen MR) is 61.7 cm³/mol. The number of allylic oxidation sites excluding steroid dienone is 2. The van der Waals surface area contributed by atoms with Crippen molar-refractivity contribution in [1.82, 2.24) is 0 Å². The van der Waals surface area contributed by atoms with Gasteiger partial charge in [-0.25, -0.2) is 0 Å². The van der Waals surface area contributed by atoms with E-state index in [1.807, 2.05) is 12.1 Å². The van der Waals surface area contributed by atoms with Crippen LogP contribution in [0.15, 0.2) is 35.9 Å². The molecule has 2 heteroatoms. The number of nitrogen functional groups attached to an aromatic ring is 1. The summed E-state index contributed by atoms with van der Waals surface area (Å²) in [5, 5.41) is 0. The maximum atomic E-state index is 12.1. The summed E-state index contributed by atoms with van der Waals surface area (Å²) in [5.74, 6) is 0.104. The number of hydrogen-bond acceptors (Lipinski definition) is 2. The molecule has 1 aliphatic carbocycles. The topological polar surface area (TPSA) is 43.1 Å². The zero-order valence-corrected chi connectivity index (χ0v) is 8.70. The van der Waals surface area contributed by atoms with E-state index in [1.54, 1.807) is 12.1 Å². The second kappa shape index (κ2) is 4.30. The Hall–Kier alpha value is -1.57. The third-order valence-corrected chi connectivity index (χ3v) is 2.79. The van der Waals surface area contributed by atoms with E-state index < -0.39 is 0 Å². The highest BCUT2D eigenvalue weighted by Crippen LogP contribution is 2.23. The minimum atomic E-state index is 0.104. The molecule has 1 aromatic carbocycles. The number of benzene rings is 1. The van der Waals surface area contributed by atoms with Crippen LogP contribution in [0.5, 0.6) is 0 Å². The Kier molecular flexibility index (Phi) is 2.86. The van der Waals surface area contributed by atoms with E-state index in [9.17, 15) is 4.79 Å². The van der Waals surface area contributed by atoms with Crippen LogP contribution >= 0.6 is 0 Å². The van der Waals surface area contributed by atoms with E-state index in [2.05, 4.69) is 6.08 Å². The van der Waals surface area contributed by atoms with Crippen molar-refractivity contribution in [3.05, 3.63) is 41.5 Å². The van der Waals surface area contributed by atoms with Crippen molar-refractivity contribution in [2.24, 2.45) is 0 Å². The molecular formula is C13H15NO. The van der Waals surface area contributed by atoms with Crippen molar-refractivity contribution >= 4 is 11.5 Å². The summed E-state index contributed by atoms with van der Waals surface area (Å²) < 4.78 is 0. The Morgan fingerprint density at radius 2 is 2.00 bits per heavy atom. The zero-order valence-electron chi connectivity index (χ0n) is 8.70. The van der Waals surface area contributed by atoms with Gasteiger partial charge in [-0.2, -0.15) is 0 Å². The van der Waals surface area contributed by atoms with Gasteiger partial charge in [-0.05, 0) is 43.4 Å². The van der Waals surface area contributed by atoms with Gasteiger partial charge in [-0.1, -0.05) is 18.2 Å². The van der Waals surface area contributed by atoms with Gasteiger partial charge in [0.1, 0.15) is 0 Å². The average Bonchev–Trinajstić information content (AvgIpc) is 2.30. The minimum Gasteiger partial charge on any atom is -0.398 e. The Morgan fingerprint density at radius 1 is 1.20 bits per heavy atom. The molecule has 78 valence electrons. The number of para-hydroxylation sites is 1. The first kappa shape index (κ1) is 9.97. The van der Waals surface area contributed by atoms with E-state index in [0.717, 1.165) is 24.8 Å². The lowest BCUT2D eigenvalue weighted by Crippen LogP contribution is -2.08. The number of nitrogens with two attached hydrogens (primary N) is 1. The fraction of sp³-hybridized carbons (Fsp3) is 0.308. The molecule has 0 unspecified atom stereocenters. The van der Waals surface area contributed by atoms with Crippen LogP contribution in [0.3, 0.4) is 0 Å². The van der Waals surface area contributed by atoms with Crippen LogP contribution in [0.2, 0.25) is 0 Å². The van der Waals surface area contributed by atoms with Gasteiger partial charge in [-0.3, -0.25) is 4.79 Å². The Labute approximate surface area is 89.8 Å². The predicted octanol–water partition coefficient (Wildman–Crippen LogP) is 2.95. The normalized spacial score (nSPS) is 15.9. The Balaban J connectivity index is 2.28. The number of ketones is 1. The number of carbonyl (C=O) groups is 1. The molecule has 2 N–H and O–H groups in total. The number of hydrogen-bond donors (Lipinski definition) is 1. The van der Waals surface area contributed by atoms with Gasteiger partial charge in [0.15, 0.2) is 5.78 Å². The second-order valence-electron chi connectivity index (χ2n) is 3.89. The minimum absolute atomic E-state index is 0.104. The van der Waals surface area contributed by atoms with Crippen molar-refractivity contribution in [3.63, 3.8) is 0 Å². The van der Waals surface area contributed by atoms with Gasteiger partial charge in [-0.15, -0.1) is 0 Å². The Morgan fingerprint density at radius 3 is 2.67 bits per heavy atom. The standard InChI is InChI=1S/C13H15NO/c14-12-9-5-4-8-11(12)13(15)10-6-2-1-3-7-10/h4-6,8-9H,1-3,7,14H2. The van der Waals surface area contributed by atoms with Gasteiger partial charge in [0.25, 0.3) is 0 Å². The molecule has 1 aromatic rings. The van der Waals surface area contributed by atoms with E-state index in [-0.39, 0.29) is 5.78 Å². The first-order valence-electron chi connectivity index (χ1n) is 5.37. The Bertz CT molecular complexity index is 407. The fourth-order valence-corrected chi connectivity index (χ4v) is 1.92. The molecule has 0 fully saturated rings. The highest BCUT2D eigenvalue weighted by molar-refractivity contribution is 6.11. The molecule has 0 spiro atoms. The second-order valence-corrected chi connectivity index (χ2v) is 3.89. The molecule has 0 aliphatic heterocycles. The average molecular weight is 201 g/mol. The summed E-state index contributed by atoms with van der Waals surface area (Å²) in [6.45, 7) is 0. The first-order chi connectivity index (χ1) is 7.29. The van der Waals surface area contributed by atoms with Gasteiger partial charge < -0.3 is 5.73 Å². The summed E-state index contributed by atoms with van der Waals surface area (Å²) >= 11 is 0. The van der Waals surface area contributed by atoms with Crippen LogP contribution in [0, 0.1) is 0 Å². The van der Waals surface area contributed by atoms with Crippen LogP contribution in [0.4, 0.5) is 5.69 Å². The molecule has 0 bridgehead atoms. The van der Waals surface area contributed by atoms with E-state index in [1.165, 1.54) is 6.42 Å². The van der Waals surface area contributed by atoms with Gasteiger partial charge in [0, 0.05) is 11.3 Å². The number of rotatable bonds is 2. The lowest BCUT2D eigenvalue weighted by Gasteiger charge is -2.12. The van der Waals surface area contributed by atoms with Crippen LogP contribution in [0.1, 0.15) is 36.0 Å². The molecule has 0 aromatic heterocycles. The van der Waals surface area contributed by atoms with E-state index in [0.29, 0.717) is 11.3 Å². The van der Waals surface area contributed by atoms with Crippen molar-refractivity contribution < 1.29 is 4.79 Å². The van der Waals surface area contributed by atoms with Crippen molar-refractivity contribution in [3.8, 4) is 0 Å². The highest BCUT2D eigenvalue weighted by atomic mass is 16.1. The van der Waals surface area contributed by atoms with Crippen molar-refractivity contribution in [1.29, 1.82) is 0 Å². The number of Topliss-reactive ketones (excluding diaryl/α,β-unsaturated/α-hetero) is 1. The van der Waals surface area contributed by atoms with E-state index >= 15 is 0 Å². The zero-order chi connectivity index (χ0) is 10.7. The summed E-state index contributed by atoms with van der Waals surface area (Å²) in [7, 11) is 0. The molecular weight excluding hydrogens is 186 g/mol. The molecule has 15 heavy (non-hydrogen) atoms. The summed E-state index contributed by atoms with van der Waals surface area (Å²) in [4.78, 5) is 12.1. The molecule has 2 rings (SSSR count). The fourth-order valence-electron chi connectivity index (χ4n) is 1.92. The third-order valence-electron chi connectivity index (χ3n) is 2.79. The molecule has 0 radical (unpaired) electrons. The van der Waals surface area contributed by atoms with Crippen molar-refractivity contribution in [2.45, 2.75) is 25.7 Å². The van der Waals surface area contributed by atoms with Crippen LogP contribution in [-0.4, -0.2) is 5.78 Å². The number of carbonyl (C=O) groups excluding carboxylic acids is 1. The van der Waals surface area contributed by atoms with E-state index in [4.69, 9.17) is 5.73 Å². The lowest BCUT2D eigenvalue weighted by molar-refractivity contribution is 0.102. The molecule has 2 nitrogen and oxygen atoms in total. The van der Waals surface area contributed by atoms with Crippen LogP contribution < -0.4 is 5.73 Å². The summed E-state index contributed by atoms with van der Waals surface area (Å²) in [5.41, 5.74) is 7.93. The van der Waals surface area contributed by atoms with Crippen LogP contribution in [0.25, 0.3) is 0 Å². The molecule has 0 saturated carbocycles. The highest BCUT2D eigenvalue weighted by Gasteiger charge is 2.15. The maximum absolute atomic E-state index is 12.1. The largest absolute Gasteiger partial charge is 0.398 e. The van der Waals surface area contributed by atoms with Crippen LogP contribution in [-0.2, 0) is 0 Å². The molecule has 0 heterocycles. The van der Waals surface area contributed by atoms with Crippen molar-refractivity contribution in [2.75, 3.05) is 5.73 Å². The third kappa shape index (κ3) is 2.09. The molecule has 0 amide bonds. The van der Waals surface area contributed by atoms with Gasteiger partial charge in [0.05, 0.1) is 0 Å².